The van der Waals surface area contributed by atoms with Crippen LogP contribution in [0.1, 0.15) is 40.4 Å². The maximum atomic E-state index is 14.0. The van der Waals surface area contributed by atoms with Gasteiger partial charge >= 0.3 is 6.18 Å². The van der Waals surface area contributed by atoms with Crippen LogP contribution < -0.4 is 5.32 Å². The van der Waals surface area contributed by atoms with Gasteiger partial charge in [-0.05, 0) is 36.8 Å². The van der Waals surface area contributed by atoms with Crippen LogP contribution in [-0.4, -0.2) is 30.3 Å². The largest absolute Gasteiger partial charge is 0.433 e. The van der Waals surface area contributed by atoms with Crippen molar-refractivity contribution in [2.45, 2.75) is 26.1 Å². The molecule has 0 saturated carbocycles. The molecular weight excluding hydrogens is 457 g/mol. The summed E-state index contributed by atoms with van der Waals surface area (Å²) in [4.78, 5) is 17.2. The number of nitrogens with one attached hydrogen (secondary N) is 1. The summed E-state index contributed by atoms with van der Waals surface area (Å²) < 4.78 is 44.2. The van der Waals surface area contributed by atoms with Gasteiger partial charge in [0.25, 0.3) is 5.91 Å². The second-order valence-corrected chi connectivity index (χ2v) is 8.42. The maximum absolute atomic E-state index is 14.0. The third kappa shape index (κ3) is 4.23. The predicted molar refractivity (Wildman–Crippen MR) is 125 cm³/mol. The molecule has 0 radical (unpaired) electrons. The van der Waals surface area contributed by atoms with E-state index in [1.54, 1.807) is 37.0 Å². The van der Waals surface area contributed by atoms with E-state index in [0.29, 0.717) is 10.1 Å². The molecule has 0 fully saturated rings. The van der Waals surface area contributed by atoms with Gasteiger partial charge in [-0.15, -0.1) is 0 Å². The van der Waals surface area contributed by atoms with E-state index in [1.807, 2.05) is 37.3 Å². The molecule has 0 saturated heterocycles. The van der Waals surface area contributed by atoms with Crippen molar-refractivity contribution in [2.24, 2.45) is 7.05 Å². The monoisotopic (exact) mass is 478 g/mol. The van der Waals surface area contributed by atoms with Gasteiger partial charge in [0.1, 0.15) is 0 Å². The predicted octanol–water partition coefficient (Wildman–Crippen LogP) is 5.10. The first kappa shape index (κ1) is 22.6. The zero-order chi connectivity index (χ0) is 24.9. The van der Waals surface area contributed by atoms with Gasteiger partial charge in [-0.2, -0.15) is 23.4 Å². The Morgan fingerprint density at radius 3 is 2.46 bits per heavy atom. The van der Waals surface area contributed by atoms with Crippen LogP contribution in [0.3, 0.4) is 0 Å². The molecule has 5 aromatic rings. The third-order valence-electron chi connectivity index (χ3n) is 5.86. The van der Waals surface area contributed by atoms with Crippen molar-refractivity contribution in [3.8, 4) is 11.3 Å². The lowest BCUT2D eigenvalue weighted by Gasteiger charge is -2.12. The normalized spacial score (nSPS) is 12.9. The van der Waals surface area contributed by atoms with E-state index in [4.69, 9.17) is 0 Å². The molecule has 178 valence electrons. The van der Waals surface area contributed by atoms with E-state index >= 15 is 0 Å². The van der Waals surface area contributed by atoms with Gasteiger partial charge in [-0.3, -0.25) is 9.48 Å². The molecule has 0 aliphatic carbocycles. The van der Waals surface area contributed by atoms with Crippen LogP contribution in [0.4, 0.5) is 13.2 Å². The minimum atomic E-state index is -4.70. The van der Waals surface area contributed by atoms with E-state index in [2.05, 4.69) is 20.5 Å². The number of alkyl halides is 3. The number of hydrogen-bond acceptors (Lipinski definition) is 4. The van der Waals surface area contributed by atoms with Gasteiger partial charge in [0.2, 0.25) is 0 Å². The number of halogens is 3. The summed E-state index contributed by atoms with van der Waals surface area (Å²) >= 11 is 0. The highest BCUT2D eigenvalue weighted by Crippen LogP contribution is 2.33. The quantitative estimate of drug-likeness (QED) is 0.390. The van der Waals surface area contributed by atoms with Crippen molar-refractivity contribution in [2.75, 3.05) is 0 Å². The molecule has 10 heteroatoms. The Morgan fingerprint density at radius 1 is 1.03 bits per heavy atom. The lowest BCUT2D eigenvalue weighted by molar-refractivity contribution is -0.142. The second-order valence-electron chi connectivity index (χ2n) is 8.42. The molecule has 1 N–H and O–H groups in total. The Kier molecular flexibility index (Phi) is 5.31. The van der Waals surface area contributed by atoms with Crippen molar-refractivity contribution < 1.29 is 18.0 Å². The summed E-state index contributed by atoms with van der Waals surface area (Å²) in [5, 5.41) is 12.8. The molecular formula is C25H21F3N6O. The van der Waals surface area contributed by atoms with Crippen LogP contribution in [0.15, 0.2) is 60.8 Å². The number of aryl methyl sites for hydroxylation is 2. The molecule has 1 atom stereocenters. The van der Waals surface area contributed by atoms with E-state index < -0.39 is 23.8 Å². The SMILES string of the molecule is Cc1nn(C)cc1C(C)NC(=O)c1cc2nc(-c3ccc4ccccc4c3)cc(C(F)(F)F)n2n1. The average Bonchev–Trinajstić information content (AvgIpc) is 3.39. The second kappa shape index (κ2) is 8.23. The van der Waals surface area contributed by atoms with Gasteiger partial charge in [0.15, 0.2) is 17.0 Å². The summed E-state index contributed by atoms with van der Waals surface area (Å²) in [5.74, 6) is -0.605. The summed E-state index contributed by atoms with van der Waals surface area (Å²) in [6, 6.07) is 14.7. The number of rotatable bonds is 4. The van der Waals surface area contributed by atoms with Gasteiger partial charge < -0.3 is 5.32 Å². The van der Waals surface area contributed by atoms with Crippen LogP contribution >= 0.6 is 0 Å². The fourth-order valence-electron chi connectivity index (χ4n) is 4.18. The number of amides is 1. The first-order valence-corrected chi connectivity index (χ1v) is 10.9. The molecule has 1 amide bonds. The number of hydrogen-bond donors (Lipinski definition) is 1. The number of carbonyl (C=O) groups excluding carboxylic acids is 1. The average molecular weight is 478 g/mol. The van der Waals surface area contributed by atoms with E-state index in [-0.39, 0.29) is 17.0 Å². The molecule has 0 spiro atoms. The first-order valence-electron chi connectivity index (χ1n) is 10.9. The Balaban J connectivity index is 1.55. The molecule has 35 heavy (non-hydrogen) atoms. The van der Waals surface area contributed by atoms with Crippen LogP contribution in [0.5, 0.6) is 0 Å². The van der Waals surface area contributed by atoms with Crippen molar-refractivity contribution >= 4 is 22.3 Å². The highest BCUT2D eigenvalue weighted by molar-refractivity contribution is 5.93. The minimum absolute atomic E-state index is 0.0710. The van der Waals surface area contributed by atoms with Crippen LogP contribution in [-0.2, 0) is 13.2 Å². The number of nitrogens with zero attached hydrogens (tertiary/aromatic N) is 5. The van der Waals surface area contributed by atoms with Crippen LogP contribution in [0.2, 0.25) is 0 Å². The van der Waals surface area contributed by atoms with E-state index in [1.165, 1.54) is 6.07 Å². The van der Waals surface area contributed by atoms with Crippen molar-refractivity contribution in [3.05, 3.63) is 83.4 Å². The molecule has 0 bridgehead atoms. The molecule has 7 nitrogen and oxygen atoms in total. The Morgan fingerprint density at radius 2 is 1.77 bits per heavy atom. The smallest absolute Gasteiger partial charge is 0.344 e. The fraction of sp³-hybridized carbons (Fsp3) is 0.200. The molecule has 1 unspecified atom stereocenters. The van der Waals surface area contributed by atoms with Crippen molar-refractivity contribution in [1.82, 2.24) is 29.7 Å². The Bertz CT molecular complexity index is 1580. The molecule has 0 aliphatic heterocycles. The number of carbonyl (C=O) groups is 1. The standard InChI is InChI=1S/C25H21F3N6O/c1-14(19-13-33(3)31-15(19)2)29-24(35)21-12-23-30-20(11-22(25(26,27)28)34(23)32-21)18-9-8-16-6-4-5-7-17(16)10-18/h4-14H,1-3H3,(H,29,35). The maximum Gasteiger partial charge on any atom is 0.433 e. The lowest BCUT2D eigenvalue weighted by atomic mass is 10.0. The summed E-state index contributed by atoms with van der Waals surface area (Å²) in [6.07, 6.45) is -2.92. The Labute approximate surface area is 198 Å². The molecule has 3 aromatic heterocycles. The molecule has 2 aromatic carbocycles. The number of aromatic nitrogens is 5. The number of fused-ring (bicyclic) bond motifs is 2. The minimum Gasteiger partial charge on any atom is -0.344 e. The van der Waals surface area contributed by atoms with Gasteiger partial charge in [-0.25, -0.2) is 9.50 Å². The summed E-state index contributed by atoms with van der Waals surface area (Å²) in [7, 11) is 1.77. The molecule has 3 heterocycles. The zero-order valence-corrected chi connectivity index (χ0v) is 19.1. The number of benzene rings is 2. The van der Waals surface area contributed by atoms with Crippen LogP contribution in [0, 0.1) is 6.92 Å². The molecule has 5 rings (SSSR count). The zero-order valence-electron chi connectivity index (χ0n) is 19.1. The fourth-order valence-corrected chi connectivity index (χ4v) is 4.18. The first-order chi connectivity index (χ1) is 16.6. The van der Waals surface area contributed by atoms with Gasteiger partial charge in [-0.1, -0.05) is 36.4 Å². The Hall–Kier alpha value is -4.21. The summed E-state index contributed by atoms with van der Waals surface area (Å²) in [6.45, 7) is 3.59. The van der Waals surface area contributed by atoms with Crippen molar-refractivity contribution in [1.29, 1.82) is 0 Å². The molecule has 0 aliphatic rings. The van der Waals surface area contributed by atoms with Gasteiger partial charge in [0.05, 0.1) is 17.4 Å². The van der Waals surface area contributed by atoms with Crippen LogP contribution in [0.25, 0.3) is 27.7 Å². The highest BCUT2D eigenvalue weighted by atomic mass is 19.4. The third-order valence-corrected chi connectivity index (χ3v) is 5.86. The topological polar surface area (TPSA) is 77.1 Å². The van der Waals surface area contributed by atoms with E-state index in [9.17, 15) is 18.0 Å². The lowest BCUT2D eigenvalue weighted by Crippen LogP contribution is -2.27. The summed E-state index contributed by atoms with van der Waals surface area (Å²) in [5.41, 5.74) is 0.978. The van der Waals surface area contributed by atoms with E-state index in [0.717, 1.165) is 28.1 Å². The highest BCUT2D eigenvalue weighted by Gasteiger charge is 2.35. The van der Waals surface area contributed by atoms with Crippen molar-refractivity contribution in [3.63, 3.8) is 0 Å². The van der Waals surface area contributed by atoms with Gasteiger partial charge in [0, 0.05) is 30.4 Å².